The molecule has 0 spiro atoms. The third-order valence-corrected chi connectivity index (χ3v) is 1.73. The predicted molar refractivity (Wildman–Crippen MR) is 28.9 cm³/mol. The Labute approximate surface area is 45.8 Å². The number of hydrogen-bond acceptors (Lipinski definition) is 2. The minimum atomic E-state index is -0.0617. The molecule has 5 heteroatoms. The molecule has 0 aromatic heterocycles. The molecule has 0 aliphatic carbocycles. The maximum absolute atomic E-state index is 4.73. The predicted octanol–water partition coefficient (Wildman–Crippen LogP) is -2.77. The average molecular weight is 122 g/mol. The standard InChI is InChI=1S/Al.2H3OSi.H/c;2*1-2;/h;2*2H3;/q+3;3*-1. The molecule has 2 nitrogen and oxygen atoms in total. The molecule has 0 aliphatic rings. The van der Waals surface area contributed by atoms with E-state index in [1.165, 1.54) is 0 Å². The van der Waals surface area contributed by atoms with Crippen molar-refractivity contribution in [2.75, 3.05) is 0 Å². The van der Waals surface area contributed by atoms with Crippen molar-refractivity contribution in [3.8, 4) is 0 Å². The van der Waals surface area contributed by atoms with E-state index in [1.807, 2.05) is 0 Å². The van der Waals surface area contributed by atoms with Gasteiger partial charge in [0.05, 0.1) is 0 Å². The Bertz CT molecular complexity index is 19.0. The molecule has 0 saturated carbocycles. The molecule has 0 saturated heterocycles. The summed E-state index contributed by atoms with van der Waals surface area (Å²) in [6.45, 7) is 0. The summed E-state index contributed by atoms with van der Waals surface area (Å²) < 4.78 is 9.45. The second kappa shape index (κ2) is 4.89. The van der Waals surface area contributed by atoms with E-state index in [4.69, 9.17) is 6.96 Å². The molecule has 0 radical (unpaired) electrons. The van der Waals surface area contributed by atoms with E-state index < -0.39 is 0 Å². The summed E-state index contributed by atoms with van der Waals surface area (Å²) in [7, 11) is 1.67. The third kappa shape index (κ3) is 4.89. The van der Waals surface area contributed by atoms with Gasteiger partial charge in [0.1, 0.15) is 0 Å². The monoisotopic (exact) mass is 122 g/mol. The summed E-state index contributed by atoms with van der Waals surface area (Å²) in [4.78, 5) is 0. The number of hydrogen-bond donors (Lipinski definition) is 0. The van der Waals surface area contributed by atoms with Gasteiger partial charge in [-0.15, -0.1) is 0 Å². The summed E-state index contributed by atoms with van der Waals surface area (Å²) in [5.74, 6) is 0. The van der Waals surface area contributed by atoms with Gasteiger partial charge in [0, 0.05) is 0 Å². The van der Waals surface area contributed by atoms with Crippen molar-refractivity contribution in [1.29, 1.82) is 0 Å². The van der Waals surface area contributed by atoms with Crippen molar-refractivity contribution < 1.29 is 8.38 Å². The van der Waals surface area contributed by atoms with Gasteiger partial charge in [-0.25, -0.2) is 0 Å². The van der Waals surface area contributed by atoms with Gasteiger partial charge in [0.25, 0.3) is 0 Å². The first-order chi connectivity index (χ1) is 2.41. The molecular formula is H7AlO2Si2. The van der Waals surface area contributed by atoms with E-state index in [9.17, 15) is 0 Å². The van der Waals surface area contributed by atoms with Crippen LogP contribution in [0.5, 0.6) is 0 Å². The van der Waals surface area contributed by atoms with Crippen molar-refractivity contribution >= 4 is 36.9 Å². The molecule has 30 valence electrons. The molecule has 0 rings (SSSR count). The SMILES string of the molecule is [H-].[SiH3][O][Al+][O][SiH3]. The van der Waals surface area contributed by atoms with Gasteiger partial charge in [0.2, 0.25) is 0 Å². The summed E-state index contributed by atoms with van der Waals surface area (Å²) >= 11 is -0.0617. The Kier molecular flexibility index (Phi) is 5.75. The van der Waals surface area contributed by atoms with Gasteiger partial charge >= 0.3 is 43.8 Å². The average Bonchev–Trinajstić information content (AvgIpc) is 1.41. The van der Waals surface area contributed by atoms with E-state index in [0.717, 1.165) is 21.0 Å². The molecule has 0 unspecified atom stereocenters. The first-order valence-corrected chi connectivity index (χ1v) is 3.86. The summed E-state index contributed by atoms with van der Waals surface area (Å²) in [6, 6.07) is 0. The van der Waals surface area contributed by atoms with Gasteiger partial charge in [0.15, 0.2) is 0 Å². The molecule has 0 aliphatic heterocycles. The quantitative estimate of drug-likeness (QED) is 0.369. The first kappa shape index (κ1) is 5.89. The van der Waals surface area contributed by atoms with Crippen LogP contribution in [-0.4, -0.2) is 36.9 Å². The van der Waals surface area contributed by atoms with Gasteiger partial charge in [-0.1, -0.05) is 0 Å². The van der Waals surface area contributed by atoms with Crippen LogP contribution in [0.25, 0.3) is 0 Å². The second-order valence-corrected chi connectivity index (χ2v) is 4.53. The van der Waals surface area contributed by atoms with Crippen LogP contribution < -0.4 is 0 Å². The first-order valence-electron chi connectivity index (χ1n) is 1.29. The topological polar surface area (TPSA) is 18.5 Å². The Balaban J connectivity index is 0. The molecule has 0 atom stereocenters. The van der Waals surface area contributed by atoms with E-state index in [-0.39, 0.29) is 17.3 Å². The fraction of sp³-hybridized carbons (Fsp3) is 0. The van der Waals surface area contributed by atoms with Gasteiger partial charge in [-0.3, -0.25) is 0 Å². The van der Waals surface area contributed by atoms with Crippen LogP contribution >= 0.6 is 0 Å². The zero-order chi connectivity index (χ0) is 4.12. The number of rotatable bonds is 2. The molecule has 5 heavy (non-hydrogen) atoms. The van der Waals surface area contributed by atoms with Gasteiger partial charge in [-0.2, -0.15) is 0 Å². The Morgan fingerprint density at radius 1 is 1.40 bits per heavy atom. The van der Waals surface area contributed by atoms with Crippen molar-refractivity contribution in [2.45, 2.75) is 0 Å². The summed E-state index contributed by atoms with van der Waals surface area (Å²) in [5, 5.41) is 0. The summed E-state index contributed by atoms with van der Waals surface area (Å²) in [5.41, 5.74) is 0. The van der Waals surface area contributed by atoms with Crippen molar-refractivity contribution in [1.82, 2.24) is 0 Å². The van der Waals surface area contributed by atoms with Crippen molar-refractivity contribution in [2.24, 2.45) is 0 Å². The molecular weight excluding hydrogens is 115 g/mol. The molecule has 0 heterocycles. The van der Waals surface area contributed by atoms with Crippen LogP contribution in [0.4, 0.5) is 0 Å². The van der Waals surface area contributed by atoms with Gasteiger partial charge < -0.3 is 1.43 Å². The van der Waals surface area contributed by atoms with Crippen molar-refractivity contribution in [3.05, 3.63) is 0 Å². The Morgan fingerprint density at radius 3 is 1.80 bits per heavy atom. The van der Waals surface area contributed by atoms with Gasteiger partial charge in [-0.05, 0) is 0 Å². The van der Waals surface area contributed by atoms with Crippen LogP contribution in [0, 0.1) is 0 Å². The third-order valence-electron chi connectivity index (χ3n) is 0.192. The zero-order valence-electron chi connectivity index (χ0n) is 4.39. The maximum atomic E-state index is 4.73. The molecule has 0 aromatic carbocycles. The van der Waals surface area contributed by atoms with E-state index >= 15 is 0 Å². The fourth-order valence-electron chi connectivity index (χ4n) is 0.0962. The fourth-order valence-corrected chi connectivity index (χ4v) is 2.60. The van der Waals surface area contributed by atoms with E-state index in [0.29, 0.717) is 0 Å². The normalized spacial score (nSPS) is 8.00. The van der Waals surface area contributed by atoms with Crippen LogP contribution in [0.15, 0.2) is 0 Å². The minimum absolute atomic E-state index is 0. The molecule has 0 fully saturated rings. The second-order valence-electron chi connectivity index (χ2n) is 0.568. The van der Waals surface area contributed by atoms with Crippen LogP contribution in [0.2, 0.25) is 0 Å². The zero-order valence-corrected chi connectivity index (χ0v) is 8.55. The van der Waals surface area contributed by atoms with E-state index in [2.05, 4.69) is 0 Å². The van der Waals surface area contributed by atoms with Crippen LogP contribution in [-0.2, 0) is 6.96 Å². The van der Waals surface area contributed by atoms with E-state index in [1.54, 1.807) is 0 Å². The molecule has 0 aromatic rings. The molecule has 0 N–H and O–H groups in total. The van der Waals surface area contributed by atoms with Crippen LogP contribution in [0.3, 0.4) is 0 Å². The Hall–Kier alpha value is 0.886. The molecule has 0 amide bonds. The molecule has 0 bridgehead atoms. The van der Waals surface area contributed by atoms with Crippen molar-refractivity contribution in [3.63, 3.8) is 0 Å². The Morgan fingerprint density at radius 2 is 1.80 bits per heavy atom. The summed E-state index contributed by atoms with van der Waals surface area (Å²) in [6.07, 6.45) is 0. The van der Waals surface area contributed by atoms with Crippen LogP contribution in [0.1, 0.15) is 1.43 Å².